The van der Waals surface area contributed by atoms with E-state index in [9.17, 15) is 4.79 Å². The van der Waals surface area contributed by atoms with Crippen molar-refractivity contribution in [2.24, 2.45) is 10.9 Å². The summed E-state index contributed by atoms with van der Waals surface area (Å²) in [6, 6.07) is 11.3. The summed E-state index contributed by atoms with van der Waals surface area (Å²) in [6.45, 7) is 4.84. The summed E-state index contributed by atoms with van der Waals surface area (Å²) in [5.41, 5.74) is 0.792. The largest absolute Gasteiger partial charge is 0.286 e. The normalized spacial score (nSPS) is 18.3. The van der Waals surface area contributed by atoms with Crippen LogP contribution in [0.2, 0.25) is 5.02 Å². The van der Waals surface area contributed by atoms with Crippen LogP contribution in [0.5, 0.6) is 0 Å². The Morgan fingerprint density at radius 3 is 2.62 bits per heavy atom. The molecule has 0 aliphatic carbocycles. The van der Waals surface area contributed by atoms with E-state index in [2.05, 4.69) is 18.8 Å². The van der Waals surface area contributed by atoms with Crippen molar-refractivity contribution in [2.45, 2.75) is 13.8 Å². The van der Waals surface area contributed by atoms with E-state index in [1.54, 1.807) is 28.4 Å². The molecule has 1 aliphatic heterocycles. The summed E-state index contributed by atoms with van der Waals surface area (Å²) in [4.78, 5) is 21.0. The van der Waals surface area contributed by atoms with Gasteiger partial charge in [0, 0.05) is 16.4 Å². The van der Waals surface area contributed by atoms with Gasteiger partial charge in [0.15, 0.2) is 5.17 Å². The number of amidine groups is 1. The Kier molecular flexibility index (Phi) is 5.43. The van der Waals surface area contributed by atoms with Gasteiger partial charge in [-0.3, -0.25) is 9.69 Å². The molecule has 1 aliphatic rings. The molecule has 0 spiro atoms. The first-order valence-corrected chi connectivity index (χ1v) is 9.69. The summed E-state index contributed by atoms with van der Waals surface area (Å²) in [5.74, 6) is 0.390. The number of carbonyl (C=O) groups excluding carboxylic acids is 1. The van der Waals surface area contributed by atoms with Gasteiger partial charge in [0.2, 0.25) is 0 Å². The zero-order valence-corrected chi connectivity index (χ0v) is 15.8. The van der Waals surface area contributed by atoms with Crippen LogP contribution in [0.25, 0.3) is 6.08 Å². The minimum Gasteiger partial charge on any atom is -0.286 e. The van der Waals surface area contributed by atoms with Crippen LogP contribution in [0.1, 0.15) is 18.7 Å². The third-order valence-electron chi connectivity index (χ3n) is 3.30. The van der Waals surface area contributed by atoms with Gasteiger partial charge in [0.05, 0.1) is 10.6 Å². The minimum absolute atomic E-state index is 0.0230. The number of amides is 1. The highest BCUT2D eigenvalue weighted by Crippen LogP contribution is 2.35. The molecule has 1 fully saturated rings. The molecule has 0 saturated carbocycles. The van der Waals surface area contributed by atoms with E-state index in [1.165, 1.54) is 11.8 Å². The summed E-state index contributed by atoms with van der Waals surface area (Å²) in [7, 11) is 0. The topological polar surface area (TPSA) is 32.7 Å². The van der Waals surface area contributed by atoms with Crippen molar-refractivity contribution in [3.05, 3.63) is 56.6 Å². The molecule has 1 saturated heterocycles. The third kappa shape index (κ3) is 4.09. The number of carbonyl (C=O) groups is 1. The minimum atomic E-state index is 0.0230. The van der Waals surface area contributed by atoms with Gasteiger partial charge in [-0.25, -0.2) is 4.99 Å². The lowest BCUT2D eigenvalue weighted by molar-refractivity contribution is -0.122. The van der Waals surface area contributed by atoms with Gasteiger partial charge in [0.25, 0.3) is 5.91 Å². The molecule has 1 aromatic carbocycles. The molecular weight excluding hydrogens is 360 g/mol. The lowest BCUT2D eigenvalue weighted by Crippen LogP contribution is -2.32. The number of thioether (sulfide) groups is 1. The maximum atomic E-state index is 12.8. The van der Waals surface area contributed by atoms with Crippen molar-refractivity contribution in [1.82, 2.24) is 4.90 Å². The van der Waals surface area contributed by atoms with Gasteiger partial charge in [-0.1, -0.05) is 31.5 Å². The molecule has 0 bridgehead atoms. The predicted molar refractivity (Wildman–Crippen MR) is 105 cm³/mol. The molecule has 3 rings (SSSR count). The highest BCUT2D eigenvalue weighted by atomic mass is 35.5. The third-order valence-corrected chi connectivity index (χ3v) is 5.38. The lowest BCUT2D eigenvalue weighted by Gasteiger charge is -2.17. The number of halogens is 1. The Labute approximate surface area is 155 Å². The average molecular weight is 377 g/mol. The molecule has 2 aromatic rings. The Morgan fingerprint density at radius 2 is 2.00 bits per heavy atom. The Morgan fingerprint density at radius 1 is 1.25 bits per heavy atom. The molecule has 0 radical (unpaired) electrons. The first-order valence-electron chi connectivity index (χ1n) is 7.62. The predicted octanol–water partition coefficient (Wildman–Crippen LogP) is 5.66. The van der Waals surface area contributed by atoms with Crippen molar-refractivity contribution >= 4 is 57.5 Å². The number of benzene rings is 1. The van der Waals surface area contributed by atoms with Gasteiger partial charge >= 0.3 is 0 Å². The fraction of sp³-hybridized carbons (Fsp3) is 0.222. The van der Waals surface area contributed by atoms with E-state index < -0.39 is 0 Å². The number of thiophene rings is 1. The maximum absolute atomic E-state index is 12.8. The van der Waals surface area contributed by atoms with Crippen LogP contribution in [0.4, 0.5) is 5.69 Å². The summed E-state index contributed by atoms with van der Waals surface area (Å²) >= 11 is 8.97. The van der Waals surface area contributed by atoms with Crippen LogP contribution in [-0.2, 0) is 4.79 Å². The fourth-order valence-corrected chi connectivity index (χ4v) is 4.10. The van der Waals surface area contributed by atoms with Crippen LogP contribution in [0, 0.1) is 5.92 Å². The quantitative estimate of drug-likeness (QED) is 0.645. The standard InChI is InChI=1S/C18H17ClN2OS2/c1-12(2)11-21-17(22)16(10-15-4-3-9-23-15)24-18(21)20-14-7-5-13(19)6-8-14/h3-10,12H,11H2,1-2H3/b16-10-,20-18?. The zero-order valence-electron chi connectivity index (χ0n) is 13.4. The summed E-state index contributed by atoms with van der Waals surface area (Å²) < 4.78 is 0. The van der Waals surface area contributed by atoms with Crippen LogP contribution in [-0.4, -0.2) is 22.5 Å². The smallest absolute Gasteiger partial charge is 0.266 e. The first-order chi connectivity index (χ1) is 11.5. The van der Waals surface area contributed by atoms with Gasteiger partial charge in [-0.2, -0.15) is 0 Å². The molecule has 3 nitrogen and oxygen atoms in total. The number of hydrogen-bond acceptors (Lipinski definition) is 4. The highest BCUT2D eigenvalue weighted by Gasteiger charge is 2.33. The Balaban J connectivity index is 1.93. The molecule has 0 N–H and O–H groups in total. The van der Waals surface area contributed by atoms with Crippen molar-refractivity contribution in [2.75, 3.05) is 6.54 Å². The van der Waals surface area contributed by atoms with Crippen LogP contribution < -0.4 is 0 Å². The van der Waals surface area contributed by atoms with Crippen molar-refractivity contribution < 1.29 is 4.79 Å². The number of rotatable bonds is 4. The van der Waals surface area contributed by atoms with Gasteiger partial charge < -0.3 is 0 Å². The van der Waals surface area contributed by atoms with E-state index in [-0.39, 0.29) is 5.91 Å². The van der Waals surface area contributed by atoms with Crippen LogP contribution >= 0.6 is 34.7 Å². The lowest BCUT2D eigenvalue weighted by atomic mass is 10.2. The molecule has 0 atom stereocenters. The molecule has 1 amide bonds. The average Bonchev–Trinajstić information content (AvgIpc) is 3.14. The maximum Gasteiger partial charge on any atom is 0.266 e. The van der Waals surface area contributed by atoms with Crippen LogP contribution in [0.15, 0.2) is 51.7 Å². The van der Waals surface area contributed by atoms with E-state index in [0.717, 1.165) is 15.7 Å². The second-order valence-electron chi connectivity index (χ2n) is 5.81. The molecule has 2 heterocycles. The van der Waals surface area contributed by atoms with E-state index >= 15 is 0 Å². The van der Waals surface area contributed by atoms with Crippen molar-refractivity contribution in [1.29, 1.82) is 0 Å². The number of aliphatic imine (C=N–C) groups is 1. The fourth-order valence-electron chi connectivity index (χ4n) is 2.25. The molecule has 0 unspecified atom stereocenters. The molecule has 24 heavy (non-hydrogen) atoms. The molecule has 1 aromatic heterocycles. The van der Waals surface area contributed by atoms with E-state index in [4.69, 9.17) is 11.6 Å². The van der Waals surface area contributed by atoms with E-state index in [0.29, 0.717) is 22.4 Å². The van der Waals surface area contributed by atoms with Gasteiger partial charge in [-0.15, -0.1) is 11.3 Å². The Bertz CT molecular complexity index is 780. The monoisotopic (exact) mass is 376 g/mol. The van der Waals surface area contributed by atoms with Crippen molar-refractivity contribution in [3.8, 4) is 0 Å². The number of nitrogens with zero attached hydrogens (tertiary/aromatic N) is 2. The Hall–Kier alpha value is -1.56. The molecular formula is C18H17ClN2OS2. The SMILES string of the molecule is CC(C)CN1C(=O)/C(=C/c2cccs2)SC1=Nc1ccc(Cl)cc1. The summed E-state index contributed by atoms with van der Waals surface area (Å²) in [6.07, 6.45) is 1.94. The zero-order chi connectivity index (χ0) is 17.1. The van der Waals surface area contributed by atoms with Crippen LogP contribution in [0.3, 0.4) is 0 Å². The van der Waals surface area contributed by atoms with Gasteiger partial charge in [-0.05, 0) is 59.5 Å². The first kappa shape index (κ1) is 17.3. The second kappa shape index (κ2) is 7.55. The van der Waals surface area contributed by atoms with E-state index in [1.807, 2.05) is 35.7 Å². The second-order valence-corrected chi connectivity index (χ2v) is 8.23. The van der Waals surface area contributed by atoms with Gasteiger partial charge in [0.1, 0.15) is 0 Å². The molecule has 124 valence electrons. The highest BCUT2D eigenvalue weighted by molar-refractivity contribution is 8.18. The molecule has 6 heteroatoms. The van der Waals surface area contributed by atoms with Crippen molar-refractivity contribution in [3.63, 3.8) is 0 Å². The summed E-state index contributed by atoms with van der Waals surface area (Å²) in [5, 5.41) is 3.40. The number of hydrogen-bond donors (Lipinski definition) is 0.